The minimum absolute atomic E-state index is 0.104. The van der Waals surface area contributed by atoms with Gasteiger partial charge in [0.15, 0.2) is 0 Å². The number of nitrogens with zero attached hydrogens (tertiary/aromatic N) is 1. The highest BCUT2D eigenvalue weighted by atomic mass is 16.4. The molecule has 1 saturated heterocycles. The van der Waals surface area contributed by atoms with E-state index in [0.29, 0.717) is 29.8 Å². The van der Waals surface area contributed by atoms with E-state index < -0.39 is 5.97 Å². The third-order valence-electron chi connectivity index (χ3n) is 6.16. The number of rotatable bonds is 6. The zero-order valence-corrected chi connectivity index (χ0v) is 19.7. The highest BCUT2D eigenvalue weighted by Crippen LogP contribution is 2.33. The van der Waals surface area contributed by atoms with Gasteiger partial charge in [0.25, 0.3) is 0 Å². The molecule has 2 fully saturated rings. The number of phenolic OH excluding ortho intramolecular Hbond substituents is 1. The van der Waals surface area contributed by atoms with Crippen LogP contribution in [-0.4, -0.2) is 47.8 Å². The molecule has 0 spiro atoms. The Hall–Kier alpha value is -3.06. The molecule has 0 unspecified atom stereocenters. The summed E-state index contributed by atoms with van der Waals surface area (Å²) < 4.78 is 0. The molecule has 178 valence electrons. The van der Waals surface area contributed by atoms with Crippen molar-refractivity contribution in [3.8, 4) is 5.75 Å². The summed E-state index contributed by atoms with van der Waals surface area (Å²) in [4.78, 5) is 25.8. The lowest BCUT2D eigenvalue weighted by atomic mass is 10.1. The Morgan fingerprint density at radius 2 is 1.85 bits per heavy atom. The first-order valence-electron chi connectivity index (χ1n) is 11.6. The Bertz CT molecular complexity index is 967. The van der Waals surface area contributed by atoms with Crippen molar-refractivity contribution in [2.24, 2.45) is 5.92 Å². The molecule has 4 N–H and O–H groups in total. The maximum absolute atomic E-state index is 12.0. The second-order valence-corrected chi connectivity index (χ2v) is 9.11. The number of aryl methyl sites for hydroxylation is 2. The van der Waals surface area contributed by atoms with E-state index in [0.717, 1.165) is 42.9 Å². The third-order valence-corrected chi connectivity index (χ3v) is 6.16. The molecule has 7 nitrogen and oxygen atoms in total. The minimum Gasteiger partial charge on any atom is -0.507 e. The lowest BCUT2D eigenvalue weighted by Gasteiger charge is -2.34. The number of aromatic hydroxyl groups is 1. The van der Waals surface area contributed by atoms with Crippen LogP contribution in [0.2, 0.25) is 0 Å². The molecule has 1 aliphatic heterocycles. The number of carbonyl (C=O) groups excluding carboxylic acids is 1. The highest BCUT2D eigenvalue weighted by Gasteiger charge is 2.23. The summed E-state index contributed by atoms with van der Waals surface area (Å²) in [6, 6.07) is 11.3. The first kappa shape index (κ1) is 24.6. The number of hydrogen-bond acceptors (Lipinski definition) is 5. The number of anilines is 2. The Labute approximate surface area is 195 Å². The number of aromatic carboxylic acids is 1. The minimum atomic E-state index is -1.02. The van der Waals surface area contributed by atoms with Gasteiger partial charge < -0.3 is 25.7 Å². The zero-order chi connectivity index (χ0) is 24.0. The average Bonchev–Trinajstić information content (AvgIpc) is 3.61. The summed E-state index contributed by atoms with van der Waals surface area (Å²) in [7, 11) is 0. The van der Waals surface area contributed by atoms with Crippen LogP contribution in [-0.2, 0) is 4.79 Å². The molecule has 1 saturated carbocycles. The van der Waals surface area contributed by atoms with Crippen molar-refractivity contribution in [1.82, 2.24) is 5.32 Å². The van der Waals surface area contributed by atoms with Crippen molar-refractivity contribution in [2.75, 3.05) is 29.9 Å². The number of para-hydroxylation sites is 1. The first-order valence-corrected chi connectivity index (χ1v) is 11.6. The Kier molecular flexibility index (Phi) is 8.33. The van der Waals surface area contributed by atoms with Crippen molar-refractivity contribution in [3.63, 3.8) is 0 Å². The molecule has 1 aliphatic carbocycles. The predicted molar refractivity (Wildman–Crippen MR) is 131 cm³/mol. The number of carboxylic acids is 1. The second-order valence-electron chi connectivity index (χ2n) is 9.11. The van der Waals surface area contributed by atoms with Crippen LogP contribution in [0, 0.1) is 19.8 Å². The monoisotopic (exact) mass is 453 g/mol. The van der Waals surface area contributed by atoms with Gasteiger partial charge in [0.05, 0.1) is 11.3 Å². The summed E-state index contributed by atoms with van der Waals surface area (Å²) in [5.74, 6) is -0.0188. The van der Waals surface area contributed by atoms with Gasteiger partial charge in [-0.2, -0.15) is 0 Å². The van der Waals surface area contributed by atoms with Gasteiger partial charge in [-0.1, -0.05) is 31.0 Å². The Morgan fingerprint density at radius 1 is 1.15 bits per heavy atom. The molecule has 1 atom stereocenters. The standard InChI is InChI=1S/C18H25N3O3.C8H10O/c1-12-11-21(9-8-19-12)14-5-6-16(15(10-14)18(23)24)20-17(22)7-4-13-2-3-13;1-6-4-3-5-7(2)8(6)9/h5-6,10,12-13,19H,2-4,7-9,11H2,1H3,(H,20,22)(H,23,24);3-5,9H,1-2H3/t12-;/m0./s1. The molecule has 2 aromatic rings. The van der Waals surface area contributed by atoms with Crippen molar-refractivity contribution < 1.29 is 19.8 Å². The molecule has 2 aromatic carbocycles. The molecule has 2 aliphatic rings. The number of benzene rings is 2. The van der Waals surface area contributed by atoms with Gasteiger partial charge in [0, 0.05) is 37.8 Å². The van der Waals surface area contributed by atoms with Crippen LogP contribution in [0.3, 0.4) is 0 Å². The highest BCUT2D eigenvalue weighted by molar-refractivity contribution is 6.01. The van der Waals surface area contributed by atoms with Crippen molar-refractivity contribution >= 4 is 23.3 Å². The smallest absolute Gasteiger partial charge is 0.337 e. The molecule has 0 aromatic heterocycles. The zero-order valence-electron chi connectivity index (χ0n) is 19.7. The largest absolute Gasteiger partial charge is 0.507 e. The molecular formula is C26H35N3O4. The van der Waals surface area contributed by atoms with E-state index in [1.54, 1.807) is 12.1 Å². The lowest BCUT2D eigenvalue weighted by Crippen LogP contribution is -2.49. The second kappa shape index (κ2) is 11.2. The number of carboxylic acid groups (broad SMARTS) is 1. The van der Waals surface area contributed by atoms with Gasteiger partial charge in [-0.3, -0.25) is 4.79 Å². The maximum atomic E-state index is 12.0. The van der Waals surface area contributed by atoms with E-state index in [2.05, 4.69) is 22.5 Å². The fourth-order valence-electron chi connectivity index (χ4n) is 3.94. The molecular weight excluding hydrogens is 418 g/mol. The fourth-order valence-corrected chi connectivity index (χ4v) is 3.94. The van der Waals surface area contributed by atoms with Crippen molar-refractivity contribution in [3.05, 3.63) is 53.1 Å². The molecule has 0 radical (unpaired) electrons. The van der Waals surface area contributed by atoms with Gasteiger partial charge in [-0.05, 0) is 62.4 Å². The van der Waals surface area contributed by atoms with Crippen LogP contribution in [0.1, 0.15) is 54.1 Å². The number of nitrogens with one attached hydrogen (secondary N) is 2. The maximum Gasteiger partial charge on any atom is 0.337 e. The summed E-state index contributed by atoms with van der Waals surface area (Å²) in [6.07, 6.45) is 3.78. The van der Waals surface area contributed by atoms with Crippen molar-refractivity contribution in [1.29, 1.82) is 0 Å². The summed E-state index contributed by atoms with van der Waals surface area (Å²) in [5, 5.41) is 24.8. The molecule has 1 heterocycles. The van der Waals surface area contributed by atoms with Crippen LogP contribution >= 0.6 is 0 Å². The first-order chi connectivity index (χ1) is 15.7. The number of hydrogen-bond donors (Lipinski definition) is 4. The summed E-state index contributed by atoms with van der Waals surface area (Å²) in [5.41, 5.74) is 3.30. The van der Waals surface area contributed by atoms with Crippen molar-refractivity contribution in [2.45, 2.75) is 52.5 Å². The SMILES string of the molecule is C[C@H]1CN(c2ccc(NC(=O)CCC3CC3)c(C(=O)O)c2)CCN1.Cc1cccc(C)c1O. The van der Waals surface area contributed by atoms with Crippen LogP contribution in [0.4, 0.5) is 11.4 Å². The van der Waals surface area contributed by atoms with Gasteiger partial charge in [0.1, 0.15) is 5.75 Å². The van der Waals surface area contributed by atoms with Gasteiger partial charge in [-0.15, -0.1) is 0 Å². The van der Waals surface area contributed by atoms with Gasteiger partial charge in [-0.25, -0.2) is 4.79 Å². The van der Waals surface area contributed by atoms with E-state index in [9.17, 15) is 19.8 Å². The lowest BCUT2D eigenvalue weighted by molar-refractivity contribution is -0.116. The normalized spacial score (nSPS) is 17.7. The predicted octanol–water partition coefficient (Wildman–Crippen LogP) is 4.32. The molecule has 33 heavy (non-hydrogen) atoms. The quantitative estimate of drug-likeness (QED) is 0.520. The average molecular weight is 454 g/mol. The van der Waals surface area contributed by atoms with E-state index in [-0.39, 0.29) is 11.5 Å². The number of phenols is 1. The number of carbonyl (C=O) groups is 2. The van der Waals surface area contributed by atoms with Gasteiger partial charge in [0.2, 0.25) is 5.91 Å². The van der Waals surface area contributed by atoms with Gasteiger partial charge >= 0.3 is 5.97 Å². The van der Waals surface area contributed by atoms with Crippen LogP contribution < -0.4 is 15.5 Å². The Balaban J connectivity index is 0.000000286. The molecule has 7 heteroatoms. The van der Waals surface area contributed by atoms with E-state index >= 15 is 0 Å². The van der Waals surface area contributed by atoms with E-state index in [1.165, 1.54) is 12.8 Å². The number of piperazine rings is 1. The third kappa shape index (κ3) is 7.22. The van der Waals surface area contributed by atoms with E-state index in [4.69, 9.17) is 0 Å². The summed E-state index contributed by atoms with van der Waals surface area (Å²) >= 11 is 0. The van der Waals surface area contributed by atoms with Crippen LogP contribution in [0.25, 0.3) is 0 Å². The molecule has 1 amide bonds. The number of amides is 1. The summed E-state index contributed by atoms with van der Waals surface area (Å²) in [6.45, 7) is 8.45. The van der Waals surface area contributed by atoms with Crippen LogP contribution in [0.5, 0.6) is 5.75 Å². The molecule has 0 bridgehead atoms. The fraction of sp³-hybridized carbons (Fsp3) is 0.462. The van der Waals surface area contributed by atoms with E-state index in [1.807, 2.05) is 38.1 Å². The van der Waals surface area contributed by atoms with Crippen LogP contribution in [0.15, 0.2) is 36.4 Å². The Morgan fingerprint density at radius 3 is 2.42 bits per heavy atom. The molecule has 4 rings (SSSR count). The topological polar surface area (TPSA) is 102 Å².